The van der Waals surface area contributed by atoms with Crippen molar-refractivity contribution in [2.45, 2.75) is 44.7 Å². The maximum absolute atomic E-state index is 12.5. The van der Waals surface area contributed by atoms with E-state index in [0.29, 0.717) is 25.9 Å². The standard InChI is InChI=1S/C18H23N3O4/c1-3-18(4-2)16(23)21(17(24)20-18)10-15(22)19-13-9-12-7-5-6-8-14(12)25-11-13/h5-8,13H,3-4,9-11H2,1-2H3,(H,19,22)(H,20,24)/t13-/m0/s1. The van der Waals surface area contributed by atoms with Crippen LogP contribution in [0, 0.1) is 0 Å². The number of para-hydroxylation sites is 1. The minimum absolute atomic E-state index is 0.176. The second-order valence-corrected chi connectivity index (χ2v) is 6.50. The van der Waals surface area contributed by atoms with Crippen LogP contribution in [-0.2, 0) is 16.0 Å². The van der Waals surface area contributed by atoms with Crippen molar-refractivity contribution < 1.29 is 19.1 Å². The number of carbonyl (C=O) groups excluding carboxylic acids is 3. The number of rotatable bonds is 5. The molecule has 1 aromatic rings. The van der Waals surface area contributed by atoms with Crippen LogP contribution in [0.3, 0.4) is 0 Å². The summed E-state index contributed by atoms with van der Waals surface area (Å²) in [5, 5.41) is 5.57. The van der Waals surface area contributed by atoms with Gasteiger partial charge >= 0.3 is 6.03 Å². The van der Waals surface area contributed by atoms with Gasteiger partial charge in [0.2, 0.25) is 5.91 Å². The molecule has 0 radical (unpaired) electrons. The van der Waals surface area contributed by atoms with Gasteiger partial charge in [-0.1, -0.05) is 32.0 Å². The Morgan fingerprint density at radius 3 is 2.72 bits per heavy atom. The monoisotopic (exact) mass is 345 g/mol. The third-order valence-corrected chi connectivity index (χ3v) is 5.00. The molecule has 0 unspecified atom stereocenters. The van der Waals surface area contributed by atoms with Crippen LogP contribution in [0.25, 0.3) is 0 Å². The van der Waals surface area contributed by atoms with Gasteiger partial charge in [-0.25, -0.2) is 4.79 Å². The Kier molecular flexibility index (Phi) is 4.65. The van der Waals surface area contributed by atoms with Gasteiger partial charge in [0.05, 0.1) is 6.04 Å². The normalized spacial score (nSPS) is 21.4. The van der Waals surface area contributed by atoms with Crippen molar-refractivity contribution in [3.05, 3.63) is 29.8 Å². The van der Waals surface area contributed by atoms with Crippen LogP contribution >= 0.6 is 0 Å². The van der Waals surface area contributed by atoms with Crippen molar-refractivity contribution in [1.82, 2.24) is 15.5 Å². The first-order valence-corrected chi connectivity index (χ1v) is 8.63. The number of ether oxygens (including phenoxy) is 1. The highest BCUT2D eigenvalue weighted by atomic mass is 16.5. The van der Waals surface area contributed by atoms with E-state index in [4.69, 9.17) is 4.74 Å². The Balaban J connectivity index is 1.60. The minimum Gasteiger partial charge on any atom is -0.491 e. The molecule has 0 spiro atoms. The Bertz CT molecular complexity index is 699. The molecule has 1 aromatic carbocycles. The predicted octanol–water partition coefficient (Wildman–Crippen LogP) is 1.22. The molecule has 4 amide bonds. The molecule has 0 bridgehead atoms. The van der Waals surface area contributed by atoms with Crippen molar-refractivity contribution in [3.63, 3.8) is 0 Å². The van der Waals surface area contributed by atoms with Crippen LogP contribution in [0.2, 0.25) is 0 Å². The molecule has 7 heteroatoms. The average molecular weight is 345 g/mol. The maximum Gasteiger partial charge on any atom is 0.325 e. The summed E-state index contributed by atoms with van der Waals surface area (Å²) in [6.45, 7) is 3.80. The number of hydrogen-bond acceptors (Lipinski definition) is 4. The van der Waals surface area contributed by atoms with Crippen LogP contribution in [-0.4, -0.2) is 47.5 Å². The lowest BCUT2D eigenvalue weighted by Crippen LogP contribution is -2.49. The fourth-order valence-electron chi connectivity index (χ4n) is 3.39. The van der Waals surface area contributed by atoms with Crippen LogP contribution in [0.4, 0.5) is 4.79 Å². The predicted molar refractivity (Wildman–Crippen MR) is 91.1 cm³/mol. The first-order valence-electron chi connectivity index (χ1n) is 8.63. The molecule has 134 valence electrons. The number of nitrogens with one attached hydrogen (secondary N) is 2. The minimum atomic E-state index is -0.885. The second-order valence-electron chi connectivity index (χ2n) is 6.50. The van der Waals surface area contributed by atoms with Crippen molar-refractivity contribution in [2.75, 3.05) is 13.2 Å². The van der Waals surface area contributed by atoms with E-state index in [2.05, 4.69) is 10.6 Å². The average Bonchev–Trinajstić information content (AvgIpc) is 2.86. The molecule has 0 aromatic heterocycles. The summed E-state index contributed by atoms with van der Waals surface area (Å²) in [6.07, 6.45) is 1.66. The highest BCUT2D eigenvalue weighted by Crippen LogP contribution is 2.25. The molecule has 1 fully saturated rings. The van der Waals surface area contributed by atoms with Gasteiger partial charge < -0.3 is 15.4 Å². The second kappa shape index (κ2) is 6.74. The van der Waals surface area contributed by atoms with Crippen molar-refractivity contribution >= 4 is 17.8 Å². The number of fused-ring (bicyclic) bond motifs is 1. The van der Waals surface area contributed by atoms with Crippen LogP contribution in [0.15, 0.2) is 24.3 Å². The number of imide groups is 1. The lowest BCUT2D eigenvalue weighted by Gasteiger charge is -2.27. The number of carbonyl (C=O) groups is 3. The Labute approximate surface area is 146 Å². The first kappa shape index (κ1) is 17.3. The van der Waals surface area contributed by atoms with Crippen molar-refractivity contribution in [2.24, 2.45) is 0 Å². The van der Waals surface area contributed by atoms with E-state index in [1.807, 2.05) is 38.1 Å². The van der Waals surface area contributed by atoms with E-state index in [9.17, 15) is 14.4 Å². The molecule has 2 aliphatic rings. The van der Waals surface area contributed by atoms with Gasteiger partial charge in [0.1, 0.15) is 24.4 Å². The van der Waals surface area contributed by atoms with E-state index in [1.165, 1.54) is 0 Å². The fraction of sp³-hybridized carbons (Fsp3) is 0.500. The summed E-state index contributed by atoms with van der Waals surface area (Å²) < 4.78 is 5.64. The zero-order valence-electron chi connectivity index (χ0n) is 14.5. The maximum atomic E-state index is 12.5. The molecule has 1 saturated heterocycles. The Morgan fingerprint density at radius 2 is 2.04 bits per heavy atom. The van der Waals surface area contributed by atoms with Gasteiger partial charge in [-0.15, -0.1) is 0 Å². The van der Waals surface area contributed by atoms with E-state index in [0.717, 1.165) is 16.2 Å². The van der Waals surface area contributed by atoms with Crippen LogP contribution in [0.5, 0.6) is 5.75 Å². The third kappa shape index (κ3) is 3.18. The molecule has 2 N–H and O–H groups in total. The third-order valence-electron chi connectivity index (χ3n) is 5.00. The molecule has 0 saturated carbocycles. The number of amides is 4. The molecular weight excluding hydrogens is 322 g/mol. The van der Waals surface area contributed by atoms with E-state index < -0.39 is 11.6 Å². The van der Waals surface area contributed by atoms with Crippen LogP contribution < -0.4 is 15.4 Å². The topological polar surface area (TPSA) is 87.7 Å². The molecule has 2 aliphatic heterocycles. The van der Waals surface area contributed by atoms with Crippen LogP contribution in [0.1, 0.15) is 32.3 Å². The number of urea groups is 1. The van der Waals surface area contributed by atoms with E-state index in [1.54, 1.807) is 0 Å². The smallest absolute Gasteiger partial charge is 0.325 e. The molecule has 0 aliphatic carbocycles. The highest BCUT2D eigenvalue weighted by molar-refractivity contribution is 6.09. The summed E-state index contributed by atoms with van der Waals surface area (Å²) in [6, 6.07) is 7.01. The molecule has 1 atom stereocenters. The van der Waals surface area contributed by atoms with Gasteiger partial charge in [0.15, 0.2) is 0 Å². The Hall–Kier alpha value is -2.57. The lowest BCUT2D eigenvalue weighted by atomic mass is 9.93. The van der Waals surface area contributed by atoms with E-state index >= 15 is 0 Å². The zero-order chi connectivity index (χ0) is 18.0. The summed E-state index contributed by atoms with van der Waals surface area (Å²) in [5.74, 6) is 0.139. The summed E-state index contributed by atoms with van der Waals surface area (Å²) >= 11 is 0. The zero-order valence-corrected chi connectivity index (χ0v) is 14.5. The lowest BCUT2D eigenvalue weighted by molar-refractivity contribution is -0.135. The summed E-state index contributed by atoms with van der Waals surface area (Å²) in [5.41, 5.74) is 0.148. The fourth-order valence-corrected chi connectivity index (χ4v) is 3.39. The Morgan fingerprint density at radius 1 is 1.32 bits per heavy atom. The molecular formula is C18H23N3O4. The summed E-state index contributed by atoms with van der Waals surface area (Å²) in [4.78, 5) is 37.9. The van der Waals surface area contributed by atoms with Gasteiger partial charge in [0, 0.05) is 0 Å². The largest absolute Gasteiger partial charge is 0.491 e. The van der Waals surface area contributed by atoms with E-state index in [-0.39, 0.29) is 24.4 Å². The van der Waals surface area contributed by atoms with Crippen molar-refractivity contribution in [3.8, 4) is 5.75 Å². The molecule has 2 heterocycles. The molecule has 7 nitrogen and oxygen atoms in total. The quantitative estimate of drug-likeness (QED) is 0.786. The molecule has 25 heavy (non-hydrogen) atoms. The van der Waals surface area contributed by atoms with Gasteiger partial charge in [0.25, 0.3) is 5.91 Å². The number of nitrogens with zero attached hydrogens (tertiary/aromatic N) is 1. The van der Waals surface area contributed by atoms with Gasteiger partial charge in [-0.2, -0.15) is 0 Å². The van der Waals surface area contributed by atoms with Crippen molar-refractivity contribution in [1.29, 1.82) is 0 Å². The number of hydrogen-bond donors (Lipinski definition) is 2. The van der Waals surface area contributed by atoms with Gasteiger partial charge in [-0.3, -0.25) is 14.5 Å². The first-order chi connectivity index (χ1) is 12.0. The summed E-state index contributed by atoms with van der Waals surface area (Å²) in [7, 11) is 0. The number of benzene rings is 1. The molecule has 3 rings (SSSR count). The highest BCUT2D eigenvalue weighted by Gasteiger charge is 2.49. The SMILES string of the molecule is CCC1(CC)NC(=O)N(CC(=O)N[C@@H]2COc3ccccc3C2)C1=O. The van der Waals surface area contributed by atoms with Gasteiger partial charge in [-0.05, 0) is 30.9 Å².